The molecule has 0 radical (unpaired) electrons. The Labute approximate surface area is 109 Å². The number of aliphatic hydroxyl groups is 1. The minimum Gasteiger partial charge on any atom is -0.396 e. The van der Waals surface area contributed by atoms with Gasteiger partial charge in [-0.3, -0.25) is 0 Å². The lowest BCUT2D eigenvalue weighted by molar-refractivity contribution is 0.237. The monoisotopic (exact) mass is 240 g/mol. The van der Waals surface area contributed by atoms with E-state index in [9.17, 15) is 5.11 Å². The van der Waals surface area contributed by atoms with Crippen LogP contribution in [0.2, 0.25) is 0 Å². The summed E-state index contributed by atoms with van der Waals surface area (Å²) in [6.45, 7) is 4.50. The summed E-state index contributed by atoms with van der Waals surface area (Å²) >= 11 is 0. The first-order chi connectivity index (χ1) is 8.72. The van der Waals surface area contributed by atoms with Gasteiger partial charge in [-0.05, 0) is 22.6 Å². The molecule has 0 bridgehead atoms. The quantitative estimate of drug-likeness (QED) is 0.853. The first-order valence-corrected chi connectivity index (χ1v) is 6.48. The molecule has 0 saturated heterocycles. The van der Waals surface area contributed by atoms with Gasteiger partial charge in [0, 0.05) is 5.92 Å². The van der Waals surface area contributed by atoms with Gasteiger partial charge in [-0.1, -0.05) is 68.4 Å². The molecule has 2 aromatic carbocycles. The van der Waals surface area contributed by atoms with E-state index >= 15 is 0 Å². The summed E-state index contributed by atoms with van der Waals surface area (Å²) in [7, 11) is 0. The summed E-state index contributed by atoms with van der Waals surface area (Å²) in [4.78, 5) is 0. The summed E-state index contributed by atoms with van der Waals surface area (Å²) in [5.74, 6) is 0.687. The van der Waals surface area contributed by atoms with Crippen molar-refractivity contribution in [3.8, 4) is 11.1 Å². The molecule has 1 N–H and O–H groups in total. The van der Waals surface area contributed by atoms with E-state index in [1.54, 1.807) is 0 Å². The smallest absolute Gasteiger partial charge is 0.0502 e. The molecule has 0 saturated carbocycles. The number of hydrogen-bond acceptors (Lipinski definition) is 1. The summed E-state index contributed by atoms with van der Waals surface area (Å²) in [5, 5.41) is 9.44. The van der Waals surface area contributed by atoms with E-state index in [1.165, 1.54) is 16.7 Å². The van der Waals surface area contributed by atoms with Gasteiger partial charge in [0.2, 0.25) is 0 Å². The molecular weight excluding hydrogens is 220 g/mol. The molecule has 1 atom stereocenters. The van der Waals surface area contributed by atoms with Crippen LogP contribution in [-0.2, 0) is 0 Å². The van der Waals surface area contributed by atoms with Gasteiger partial charge in [0.15, 0.2) is 0 Å². The van der Waals surface area contributed by atoms with Crippen molar-refractivity contribution in [2.75, 3.05) is 6.61 Å². The molecular formula is C17H20O. The zero-order valence-corrected chi connectivity index (χ0v) is 11.0. The summed E-state index contributed by atoms with van der Waals surface area (Å²) in [6, 6.07) is 18.9. The van der Waals surface area contributed by atoms with Crippen LogP contribution in [0.15, 0.2) is 54.6 Å². The topological polar surface area (TPSA) is 20.2 Å². The van der Waals surface area contributed by atoms with Crippen LogP contribution in [-0.4, -0.2) is 11.7 Å². The Morgan fingerprint density at radius 1 is 0.833 bits per heavy atom. The maximum atomic E-state index is 9.44. The minimum absolute atomic E-state index is 0.211. The van der Waals surface area contributed by atoms with Gasteiger partial charge in [-0.2, -0.15) is 0 Å². The first-order valence-electron chi connectivity index (χ1n) is 6.48. The Balaban J connectivity index is 2.25. The van der Waals surface area contributed by atoms with Crippen LogP contribution in [0.25, 0.3) is 11.1 Å². The van der Waals surface area contributed by atoms with Gasteiger partial charge < -0.3 is 5.11 Å². The fraction of sp³-hybridized carbons (Fsp3) is 0.294. The molecule has 1 heteroatoms. The van der Waals surface area contributed by atoms with Crippen molar-refractivity contribution in [2.45, 2.75) is 19.8 Å². The van der Waals surface area contributed by atoms with E-state index in [0.717, 1.165) is 0 Å². The lowest BCUT2D eigenvalue weighted by Crippen LogP contribution is -2.10. The third kappa shape index (κ3) is 2.80. The lowest BCUT2D eigenvalue weighted by Gasteiger charge is -2.18. The zero-order valence-electron chi connectivity index (χ0n) is 11.0. The highest BCUT2D eigenvalue weighted by atomic mass is 16.3. The zero-order chi connectivity index (χ0) is 13.0. The Hall–Kier alpha value is -1.60. The van der Waals surface area contributed by atoms with Gasteiger partial charge in [-0.25, -0.2) is 0 Å². The first kappa shape index (κ1) is 12.8. The van der Waals surface area contributed by atoms with E-state index < -0.39 is 0 Å². The number of rotatable bonds is 4. The van der Waals surface area contributed by atoms with E-state index in [-0.39, 0.29) is 12.5 Å². The number of hydrogen-bond donors (Lipinski definition) is 1. The molecule has 0 heterocycles. The third-order valence-electron chi connectivity index (χ3n) is 3.45. The van der Waals surface area contributed by atoms with Crippen molar-refractivity contribution in [2.24, 2.45) is 5.92 Å². The number of benzene rings is 2. The summed E-state index contributed by atoms with van der Waals surface area (Å²) in [5.41, 5.74) is 3.67. The number of aliphatic hydroxyl groups excluding tert-OH is 1. The molecule has 0 aromatic heterocycles. The van der Waals surface area contributed by atoms with Crippen LogP contribution >= 0.6 is 0 Å². The molecule has 2 aromatic rings. The second-order valence-electron chi connectivity index (χ2n) is 5.02. The lowest BCUT2D eigenvalue weighted by atomic mass is 9.88. The third-order valence-corrected chi connectivity index (χ3v) is 3.45. The van der Waals surface area contributed by atoms with E-state index in [2.05, 4.69) is 50.2 Å². The van der Waals surface area contributed by atoms with Crippen molar-refractivity contribution in [3.05, 3.63) is 60.2 Å². The highest BCUT2D eigenvalue weighted by Crippen LogP contribution is 2.26. The highest BCUT2D eigenvalue weighted by molar-refractivity contribution is 5.63. The Morgan fingerprint density at radius 2 is 1.39 bits per heavy atom. The highest BCUT2D eigenvalue weighted by Gasteiger charge is 2.14. The molecule has 0 fully saturated rings. The van der Waals surface area contributed by atoms with E-state index in [1.807, 2.05) is 18.2 Å². The Morgan fingerprint density at radius 3 is 1.89 bits per heavy atom. The molecule has 0 amide bonds. The predicted octanol–water partition coefficient (Wildman–Crippen LogP) is 4.09. The largest absolute Gasteiger partial charge is 0.396 e. The Bertz CT molecular complexity index is 471. The summed E-state index contributed by atoms with van der Waals surface area (Å²) < 4.78 is 0. The fourth-order valence-electron chi connectivity index (χ4n) is 2.25. The molecule has 18 heavy (non-hydrogen) atoms. The van der Waals surface area contributed by atoms with Crippen LogP contribution in [0.3, 0.4) is 0 Å². The van der Waals surface area contributed by atoms with E-state index in [4.69, 9.17) is 0 Å². The van der Waals surface area contributed by atoms with Gasteiger partial charge >= 0.3 is 0 Å². The molecule has 94 valence electrons. The molecule has 1 unspecified atom stereocenters. The van der Waals surface area contributed by atoms with Crippen LogP contribution in [0, 0.1) is 5.92 Å². The van der Waals surface area contributed by atoms with Crippen molar-refractivity contribution in [1.29, 1.82) is 0 Å². The van der Waals surface area contributed by atoms with E-state index in [0.29, 0.717) is 5.92 Å². The van der Waals surface area contributed by atoms with Crippen molar-refractivity contribution in [3.63, 3.8) is 0 Å². The standard InChI is InChI=1S/C17H20O/c1-13(2)17(12-18)16-10-8-15(9-11-16)14-6-4-3-5-7-14/h3-11,13,17-18H,12H2,1-2H3. The maximum absolute atomic E-state index is 9.44. The molecule has 0 aliphatic heterocycles. The maximum Gasteiger partial charge on any atom is 0.0502 e. The Kier molecular flexibility index (Phi) is 4.16. The molecule has 0 aliphatic carbocycles. The summed E-state index contributed by atoms with van der Waals surface area (Å²) in [6.07, 6.45) is 0. The average Bonchev–Trinajstić information content (AvgIpc) is 2.41. The average molecular weight is 240 g/mol. The van der Waals surface area contributed by atoms with Crippen LogP contribution in [0.1, 0.15) is 25.3 Å². The normalized spacial score (nSPS) is 12.7. The van der Waals surface area contributed by atoms with Crippen molar-refractivity contribution >= 4 is 0 Å². The minimum atomic E-state index is 0.211. The van der Waals surface area contributed by atoms with Gasteiger partial charge in [-0.15, -0.1) is 0 Å². The van der Waals surface area contributed by atoms with Crippen molar-refractivity contribution < 1.29 is 5.11 Å². The SMILES string of the molecule is CC(C)C(CO)c1ccc(-c2ccccc2)cc1. The van der Waals surface area contributed by atoms with Crippen molar-refractivity contribution in [1.82, 2.24) is 0 Å². The molecule has 2 rings (SSSR count). The van der Waals surface area contributed by atoms with Crippen LogP contribution in [0.5, 0.6) is 0 Å². The molecule has 0 spiro atoms. The van der Waals surface area contributed by atoms with Crippen LogP contribution in [0.4, 0.5) is 0 Å². The predicted molar refractivity (Wildman–Crippen MR) is 76.5 cm³/mol. The van der Waals surface area contributed by atoms with Gasteiger partial charge in [0.25, 0.3) is 0 Å². The van der Waals surface area contributed by atoms with Crippen LogP contribution < -0.4 is 0 Å². The fourth-order valence-corrected chi connectivity index (χ4v) is 2.25. The molecule has 0 aliphatic rings. The second-order valence-corrected chi connectivity index (χ2v) is 5.02. The van der Waals surface area contributed by atoms with Gasteiger partial charge in [0.05, 0.1) is 6.61 Å². The molecule has 1 nitrogen and oxygen atoms in total. The van der Waals surface area contributed by atoms with Gasteiger partial charge in [0.1, 0.15) is 0 Å². The second kappa shape index (κ2) is 5.83.